The molecule has 3 unspecified atom stereocenters. The molecule has 0 aromatic heterocycles. The summed E-state index contributed by atoms with van der Waals surface area (Å²) in [6.07, 6.45) is 0.275. The second-order valence-corrected chi connectivity index (χ2v) is 5.28. The van der Waals surface area contributed by atoms with Crippen molar-refractivity contribution in [2.24, 2.45) is 11.8 Å². The number of hydrogen-bond donors (Lipinski definition) is 2. The molecule has 1 saturated carbocycles. The van der Waals surface area contributed by atoms with Gasteiger partial charge in [0, 0.05) is 0 Å². The summed E-state index contributed by atoms with van der Waals surface area (Å²) in [5.41, 5.74) is 1.11. The predicted octanol–water partition coefficient (Wildman–Crippen LogP) is 1.60. The molecule has 0 saturated heterocycles. The number of benzene rings is 1. The van der Waals surface area contributed by atoms with Gasteiger partial charge in [-0.25, -0.2) is 0 Å². The highest BCUT2D eigenvalue weighted by Gasteiger charge is 2.48. The number of aryl methyl sites for hydroxylation is 1. The van der Waals surface area contributed by atoms with Crippen LogP contribution in [0.15, 0.2) is 24.3 Å². The maximum atomic E-state index is 11.7. The third-order valence-electron chi connectivity index (χ3n) is 3.33. The first-order valence-corrected chi connectivity index (χ1v) is 6.71. The van der Waals surface area contributed by atoms with Crippen molar-refractivity contribution in [1.29, 1.82) is 0 Å². The summed E-state index contributed by atoms with van der Waals surface area (Å²) in [5, 5.41) is 11.5. The molecule has 0 heterocycles. The molecule has 5 nitrogen and oxygen atoms in total. The Hall–Kier alpha value is -2.04. The van der Waals surface area contributed by atoms with Gasteiger partial charge < -0.3 is 15.2 Å². The summed E-state index contributed by atoms with van der Waals surface area (Å²) in [7, 11) is 0. The molecular weight excluding hydrogens is 258 g/mol. The zero-order valence-electron chi connectivity index (χ0n) is 11.6. The number of amides is 1. The van der Waals surface area contributed by atoms with Crippen molar-refractivity contribution >= 4 is 11.9 Å². The van der Waals surface area contributed by atoms with Crippen molar-refractivity contribution in [1.82, 2.24) is 5.32 Å². The van der Waals surface area contributed by atoms with E-state index in [0.29, 0.717) is 13.0 Å². The number of carbonyl (C=O) groups is 2. The van der Waals surface area contributed by atoms with Gasteiger partial charge in [-0.3, -0.25) is 9.59 Å². The quantitative estimate of drug-likeness (QED) is 0.828. The fourth-order valence-corrected chi connectivity index (χ4v) is 2.10. The first-order chi connectivity index (χ1) is 9.47. The van der Waals surface area contributed by atoms with Gasteiger partial charge in [0.15, 0.2) is 0 Å². The molecule has 1 amide bonds. The molecule has 1 aliphatic carbocycles. The molecule has 1 fully saturated rings. The number of ether oxygens (including phenoxy) is 1. The number of carboxylic acid groups (broad SMARTS) is 1. The lowest BCUT2D eigenvalue weighted by Gasteiger charge is -2.15. The third kappa shape index (κ3) is 3.73. The van der Waals surface area contributed by atoms with Crippen LogP contribution < -0.4 is 10.1 Å². The van der Waals surface area contributed by atoms with Gasteiger partial charge in [0.05, 0.1) is 18.4 Å². The van der Waals surface area contributed by atoms with Gasteiger partial charge in [-0.05, 0) is 38.0 Å². The molecule has 0 spiro atoms. The van der Waals surface area contributed by atoms with Gasteiger partial charge >= 0.3 is 5.97 Å². The molecule has 2 N–H and O–H groups in total. The van der Waals surface area contributed by atoms with Crippen LogP contribution in [0.5, 0.6) is 5.75 Å². The maximum absolute atomic E-state index is 11.7. The average molecular weight is 277 g/mol. The molecule has 108 valence electrons. The van der Waals surface area contributed by atoms with Crippen LogP contribution in [-0.4, -0.2) is 29.6 Å². The Labute approximate surface area is 117 Å². The van der Waals surface area contributed by atoms with Gasteiger partial charge in [-0.1, -0.05) is 12.1 Å². The van der Waals surface area contributed by atoms with E-state index in [2.05, 4.69) is 5.32 Å². The van der Waals surface area contributed by atoms with E-state index < -0.39 is 11.9 Å². The molecule has 1 aromatic rings. The van der Waals surface area contributed by atoms with E-state index in [1.54, 1.807) is 0 Å². The normalized spacial score (nSPS) is 21.9. The van der Waals surface area contributed by atoms with Gasteiger partial charge in [-0.15, -0.1) is 0 Å². The van der Waals surface area contributed by atoms with Crippen LogP contribution in [-0.2, 0) is 9.59 Å². The Morgan fingerprint density at radius 1 is 1.45 bits per heavy atom. The van der Waals surface area contributed by atoms with Crippen LogP contribution in [0.4, 0.5) is 0 Å². The monoisotopic (exact) mass is 277 g/mol. The molecule has 0 radical (unpaired) electrons. The second kappa shape index (κ2) is 5.94. The van der Waals surface area contributed by atoms with E-state index >= 15 is 0 Å². The molecule has 5 heteroatoms. The summed E-state index contributed by atoms with van der Waals surface area (Å²) in [5.74, 6) is -1.21. The van der Waals surface area contributed by atoms with E-state index in [1.165, 1.54) is 0 Å². The Balaban J connectivity index is 1.74. The standard InChI is InChI=1S/C15H19NO4/c1-9-4-3-5-11(6-9)20-10(2)8-16-14(17)12-7-13(12)15(18)19/h3-6,10,12-13H,7-8H2,1-2H3,(H,16,17)(H,18,19). The average Bonchev–Trinajstić information content (AvgIpc) is 3.16. The van der Waals surface area contributed by atoms with E-state index in [-0.39, 0.29) is 17.9 Å². The van der Waals surface area contributed by atoms with E-state index in [0.717, 1.165) is 11.3 Å². The lowest BCUT2D eigenvalue weighted by molar-refractivity contribution is -0.140. The van der Waals surface area contributed by atoms with Crippen LogP contribution in [0, 0.1) is 18.8 Å². The largest absolute Gasteiger partial charge is 0.489 e. The minimum atomic E-state index is -0.894. The van der Waals surface area contributed by atoms with Crippen molar-refractivity contribution in [3.8, 4) is 5.75 Å². The molecule has 20 heavy (non-hydrogen) atoms. The fourth-order valence-electron chi connectivity index (χ4n) is 2.10. The van der Waals surface area contributed by atoms with Crippen LogP contribution in [0.3, 0.4) is 0 Å². The van der Waals surface area contributed by atoms with Gasteiger partial charge in [0.25, 0.3) is 0 Å². The van der Waals surface area contributed by atoms with E-state index in [4.69, 9.17) is 9.84 Å². The molecule has 2 rings (SSSR count). The van der Waals surface area contributed by atoms with Crippen LogP contribution in [0.1, 0.15) is 18.9 Å². The highest BCUT2D eigenvalue weighted by atomic mass is 16.5. The van der Waals surface area contributed by atoms with Gasteiger partial charge in [0.2, 0.25) is 5.91 Å². The zero-order chi connectivity index (χ0) is 14.7. The number of carboxylic acids is 1. The van der Waals surface area contributed by atoms with Crippen molar-refractivity contribution in [3.05, 3.63) is 29.8 Å². The number of hydrogen-bond acceptors (Lipinski definition) is 3. The number of aliphatic carboxylic acids is 1. The SMILES string of the molecule is Cc1cccc(OC(C)CNC(=O)C2CC2C(=O)O)c1. The number of carbonyl (C=O) groups excluding carboxylic acids is 1. The lowest BCUT2D eigenvalue weighted by atomic mass is 10.2. The highest BCUT2D eigenvalue weighted by molar-refractivity contribution is 5.89. The lowest BCUT2D eigenvalue weighted by Crippen LogP contribution is -2.35. The minimum absolute atomic E-state index is 0.164. The second-order valence-electron chi connectivity index (χ2n) is 5.28. The Morgan fingerprint density at radius 2 is 2.20 bits per heavy atom. The minimum Gasteiger partial charge on any atom is -0.489 e. The first-order valence-electron chi connectivity index (χ1n) is 6.71. The van der Waals surface area contributed by atoms with Crippen LogP contribution in [0.25, 0.3) is 0 Å². The zero-order valence-corrected chi connectivity index (χ0v) is 11.6. The Morgan fingerprint density at radius 3 is 2.80 bits per heavy atom. The smallest absolute Gasteiger partial charge is 0.307 e. The molecule has 1 aliphatic rings. The summed E-state index contributed by atoms with van der Waals surface area (Å²) in [6, 6.07) is 7.70. The molecule has 0 aliphatic heterocycles. The van der Waals surface area contributed by atoms with E-state index in [1.807, 2.05) is 38.1 Å². The Bertz CT molecular complexity index is 514. The van der Waals surface area contributed by atoms with Crippen LogP contribution >= 0.6 is 0 Å². The van der Waals surface area contributed by atoms with Crippen molar-refractivity contribution in [2.45, 2.75) is 26.4 Å². The number of nitrogens with one attached hydrogen (secondary N) is 1. The van der Waals surface area contributed by atoms with Crippen LogP contribution in [0.2, 0.25) is 0 Å². The van der Waals surface area contributed by atoms with E-state index in [9.17, 15) is 9.59 Å². The van der Waals surface area contributed by atoms with Crippen molar-refractivity contribution in [2.75, 3.05) is 6.54 Å². The summed E-state index contributed by atoms with van der Waals surface area (Å²) in [6.45, 7) is 4.22. The molecule has 0 bridgehead atoms. The highest BCUT2D eigenvalue weighted by Crippen LogP contribution is 2.38. The topological polar surface area (TPSA) is 75.6 Å². The summed E-state index contributed by atoms with van der Waals surface area (Å²) >= 11 is 0. The summed E-state index contributed by atoms with van der Waals surface area (Å²) < 4.78 is 5.69. The Kier molecular flexibility index (Phi) is 4.27. The molecule has 1 aromatic carbocycles. The molecule has 3 atom stereocenters. The first kappa shape index (κ1) is 14.4. The maximum Gasteiger partial charge on any atom is 0.307 e. The van der Waals surface area contributed by atoms with Gasteiger partial charge in [0.1, 0.15) is 11.9 Å². The van der Waals surface area contributed by atoms with Crippen molar-refractivity contribution in [3.63, 3.8) is 0 Å². The van der Waals surface area contributed by atoms with Gasteiger partial charge in [-0.2, -0.15) is 0 Å². The predicted molar refractivity (Wildman–Crippen MR) is 73.5 cm³/mol. The number of rotatable bonds is 6. The third-order valence-corrected chi connectivity index (χ3v) is 3.33. The fraction of sp³-hybridized carbons (Fsp3) is 0.467. The summed E-state index contributed by atoms with van der Waals surface area (Å²) in [4.78, 5) is 22.4. The molecular formula is C15H19NO4. The van der Waals surface area contributed by atoms with Crippen molar-refractivity contribution < 1.29 is 19.4 Å².